The zero-order chi connectivity index (χ0) is 24.8. The molecular weight excluding hydrogens is 424 g/mol. The second-order valence-electron chi connectivity index (χ2n) is 10.6. The largest absolute Gasteiger partial charge is 0.508 e. The van der Waals surface area contributed by atoms with E-state index in [1.54, 1.807) is 41.3 Å². The average molecular weight is 467 g/mol. The highest BCUT2D eigenvalue weighted by atomic mass is 16.3. The Kier molecular flexibility index (Phi) is 8.87. The number of rotatable bonds is 11. The molecule has 5 nitrogen and oxygen atoms in total. The molecule has 0 saturated heterocycles. The summed E-state index contributed by atoms with van der Waals surface area (Å²) in [4.78, 5) is 17.2. The van der Waals surface area contributed by atoms with Crippen LogP contribution in [0.5, 0.6) is 11.5 Å². The number of carbonyl (C=O) groups excluding carboxylic acids is 1. The normalized spacial score (nSPS) is 15.2. The average Bonchev–Trinajstić information content (AvgIpc) is 2.86. The second-order valence-corrected chi connectivity index (χ2v) is 10.6. The predicted octanol–water partition coefficient (Wildman–Crippen LogP) is 7.48. The van der Waals surface area contributed by atoms with Crippen molar-refractivity contribution in [1.29, 1.82) is 0 Å². The lowest BCUT2D eigenvalue weighted by molar-refractivity contribution is 0.0986. The maximum Gasteiger partial charge on any atom is 0.260 e. The quantitative estimate of drug-likeness (QED) is 0.360. The Labute approximate surface area is 205 Å². The highest BCUT2D eigenvalue weighted by Crippen LogP contribution is 2.44. The Morgan fingerprint density at radius 1 is 0.824 bits per heavy atom. The van der Waals surface area contributed by atoms with Gasteiger partial charge in [0.25, 0.3) is 5.91 Å². The highest BCUT2D eigenvalue weighted by Gasteiger charge is 2.31. The van der Waals surface area contributed by atoms with E-state index in [-0.39, 0.29) is 17.4 Å². The van der Waals surface area contributed by atoms with E-state index in [2.05, 4.69) is 27.7 Å². The standard InChI is InChI=1S/C29H42N2O3/c1-20(2)9-6-10-21(3)11-7-12-22(4)17-18-31-26-19-23(32)15-16-25(26)30(5)28-24(29(31)34)13-8-14-27(28)33/h8,13-16,19-22,32-33H,6-7,9-12,17-18H2,1-5H3. The molecule has 0 spiro atoms. The van der Waals surface area contributed by atoms with Crippen molar-refractivity contribution in [2.45, 2.75) is 72.6 Å². The lowest BCUT2D eigenvalue weighted by Crippen LogP contribution is -2.32. The van der Waals surface area contributed by atoms with E-state index in [4.69, 9.17) is 0 Å². The molecule has 0 fully saturated rings. The summed E-state index contributed by atoms with van der Waals surface area (Å²) >= 11 is 0. The fourth-order valence-corrected chi connectivity index (χ4v) is 4.99. The van der Waals surface area contributed by atoms with Crippen LogP contribution in [-0.2, 0) is 0 Å². The van der Waals surface area contributed by atoms with Crippen molar-refractivity contribution in [3.8, 4) is 11.5 Å². The van der Waals surface area contributed by atoms with Crippen molar-refractivity contribution in [3.05, 3.63) is 42.0 Å². The summed E-state index contributed by atoms with van der Waals surface area (Å²) in [6, 6.07) is 10.1. The summed E-state index contributed by atoms with van der Waals surface area (Å²) < 4.78 is 0. The van der Waals surface area contributed by atoms with Crippen LogP contribution in [0.25, 0.3) is 0 Å². The number of carbonyl (C=O) groups is 1. The zero-order valence-electron chi connectivity index (χ0n) is 21.6. The van der Waals surface area contributed by atoms with E-state index in [0.717, 1.165) is 30.4 Å². The Bertz CT molecular complexity index is 972. The van der Waals surface area contributed by atoms with Gasteiger partial charge in [0.2, 0.25) is 0 Å². The third kappa shape index (κ3) is 6.25. The Balaban J connectivity index is 1.66. The van der Waals surface area contributed by atoms with E-state index in [0.29, 0.717) is 29.4 Å². The molecule has 2 unspecified atom stereocenters. The van der Waals surface area contributed by atoms with Crippen molar-refractivity contribution in [2.75, 3.05) is 23.4 Å². The first kappa shape index (κ1) is 25.9. The molecule has 1 aliphatic rings. The molecule has 1 amide bonds. The van der Waals surface area contributed by atoms with Crippen LogP contribution in [0.15, 0.2) is 36.4 Å². The smallest absolute Gasteiger partial charge is 0.260 e. The van der Waals surface area contributed by atoms with Gasteiger partial charge in [-0.25, -0.2) is 0 Å². The fourth-order valence-electron chi connectivity index (χ4n) is 4.99. The molecule has 2 N–H and O–H groups in total. The van der Waals surface area contributed by atoms with E-state index < -0.39 is 0 Å². The molecular formula is C29H42N2O3. The first-order valence-corrected chi connectivity index (χ1v) is 12.9. The molecule has 0 bridgehead atoms. The second kappa shape index (κ2) is 11.6. The monoisotopic (exact) mass is 466 g/mol. The minimum atomic E-state index is -0.145. The van der Waals surface area contributed by atoms with Gasteiger partial charge in [0.1, 0.15) is 11.5 Å². The van der Waals surface area contributed by atoms with E-state index in [1.165, 1.54) is 32.1 Å². The number of hydrogen-bond donors (Lipinski definition) is 2. The molecule has 0 radical (unpaired) electrons. The lowest BCUT2D eigenvalue weighted by atomic mass is 9.92. The molecule has 186 valence electrons. The van der Waals surface area contributed by atoms with Crippen LogP contribution in [0.4, 0.5) is 17.1 Å². The van der Waals surface area contributed by atoms with Gasteiger partial charge in [-0.1, -0.05) is 72.3 Å². The Hall–Kier alpha value is -2.69. The molecule has 0 saturated carbocycles. The van der Waals surface area contributed by atoms with Crippen LogP contribution in [-0.4, -0.2) is 29.7 Å². The van der Waals surface area contributed by atoms with Crippen molar-refractivity contribution < 1.29 is 15.0 Å². The van der Waals surface area contributed by atoms with Gasteiger partial charge in [-0.3, -0.25) is 4.79 Å². The molecule has 34 heavy (non-hydrogen) atoms. The maximum atomic E-state index is 13.6. The van der Waals surface area contributed by atoms with Gasteiger partial charge in [-0.2, -0.15) is 0 Å². The topological polar surface area (TPSA) is 64.0 Å². The van der Waals surface area contributed by atoms with Crippen LogP contribution >= 0.6 is 0 Å². The number of amides is 1. The number of benzene rings is 2. The number of phenolic OH excluding ortho intramolecular Hbond substituents is 2. The number of nitrogens with zero attached hydrogens (tertiary/aromatic N) is 2. The fraction of sp³-hybridized carbons (Fsp3) is 0.552. The lowest BCUT2D eigenvalue weighted by Gasteiger charge is -2.26. The first-order chi connectivity index (χ1) is 16.2. The SMILES string of the molecule is CC(C)CCCC(C)CCCC(C)CCN1C(=O)c2cccc(O)c2N(C)c2ccc(O)cc21. The number of aromatic hydroxyl groups is 2. The molecule has 2 atom stereocenters. The number of hydrogen-bond acceptors (Lipinski definition) is 4. The van der Waals surface area contributed by atoms with Gasteiger partial charge < -0.3 is 20.0 Å². The summed E-state index contributed by atoms with van der Waals surface area (Å²) in [5.41, 5.74) is 2.44. The van der Waals surface area contributed by atoms with Crippen LogP contribution < -0.4 is 9.80 Å². The van der Waals surface area contributed by atoms with Gasteiger partial charge in [0.15, 0.2) is 0 Å². The van der Waals surface area contributed by atoms with Gasteiger partial charge in [0, 0.05) is 19.7 Å². The van der Waals surface area contributed by atoms with Crippen molar-refractivity contribution in [3.63, 3.8) is 0 Å². The summed E-state index contributed by atoms with van der Waals surface area (Å²) in [7, 11) is 1.84. The van der Waals surface area contributed by atoms with Gasteiger partial charge in [-0.15, -0.1) is 0 Å². The molecule has 2 aromatic rings. The number of anilines is 3. The van der Waals surface area contributed by atoms with Crippen LogP contribution in [0.1, 0.15) is 83.0 Å². The molecule has 2 aromatic carbocycles. The molecule has 5 heteroatoms. The van der Waals surface area contributed by atoms with Crippen molar-refractivity contribution in [1.82, 2.24) is 0 Å². The molecule has 1 aliphatic heterocycles. The maximum absolute atomic E-state index is 13.6. The summed E-state index contributed by atoms with van der Waals surface area (Å²) in [5, 5.41) is 20.7. The minimum Gasteiger partial charge on any atom is -0.508 e. The predicted molar refractivity (Wildman–Crippen MR) is 141 cm³/mol. The van der Waals surface area contributed by atoms with Crippen LogP contribution in [0, 0.1) is 17.8 Å². The third-order valence-corrected chi connectivity index (χ3v) is 7.15. The van der Waals surface area contributed by atoms with E-state index in [1.807, 2.05) is 11.9 Å². The highest BCUT2D eigenvalue weighted by molar-refractivity contribution is 6.14. The van der Waals surface area contributed by atoms with Crippen molar-refractivity contribution in [2.24, 2.45) is 17.8 Å². The molecule has 3 rings (SSSR count). The Morgan fingerprint density at radius 2 is 1.47 bits per heavy atom. The van der Waals surface area contributed by atoms with Crippen LogP contribution in [0.3, 0.4) is 0 Å². The Morgan fingerprint density at radius 3 is 2.15 bits per heavy atom. The number of fused-ring (bicyclic) bond motifs is 2. The van der Waals surface area contributed by atoms with E-state index in [9.17, 15) is 15.0 Å². The van der Waals surface area contributed by atoms with Gasteiger partial charge >= 0.3 is 0 Å². The molecule has 0 aliphatic carbocycles. The summed E-state index contributed by atoms with van der Waals surface area (Å²) in [6.07, 6.45) is 8.48. The number of para-hydroxylation sites is 1. The molecule has 1 heterocycles. The van der Waals surface area contributed by atoms with Gasteiger partial charge in [-0.05, 0) is 48.4 Å². The zero-order valence-corrected chi connectivity index (χ0v) is 21.6. The summed E-state index contributed by atoms with van der Waals surface area (Å²) in [5.74, 6) is 2.11. The van der Waals surface area contributed by atoms with Crippen molar-refractivity contribution >= 4 is 23.0 Å². The van der Waals surface area contributed by atoms with Crippen LogP contribution in [0.2, 0.25) is 0 Å². The summed E-state index contributed by atoms with van der Waals surface area (Å²) in [6.45, 7) is 9.79. The first-order valence-electron chi connectivity index (χ1n) is 12.9. The van der Waals surface area contributed by atoms with Gasteiger partial charge in [0.05, 0.1) is 22.6 Å². The van der Waals surface area contributed by atoms with E-state index >= 15 is 0 Å². The third-order valence-electron chi connectivity index (χ3n) is 7.15. The number of phenols is 2. The molecule has 0 aromatic heterocycles. The minimum absolute atomic E-state index is 0.0742.